The predicted octanol–water partition coefficient (Wildman–Crippen LogP) is 3.32. The Morgan fingerprint density at radius 1 is 1.00 bits per heavy atom. The third-order valence-electron chi connectivity index (χ3n) is 3.63. The van der Waals surface area contributed by atoms with Gasteiger partial charge in [0.1, 0.15) is 0 Å². The zero-order valence-electron chi connectivity index (χ0n) is 15.1. The van der Waals surface area contributed by atoms with E-state index in [1.165, 1.54) is 0 Å². The standard InChI is InChI=1S/C19H24N4O3/c1-3-5-6-13-20-18(24)16-11-12-17(23-22-16)21-15-9-7-14(8-10-15)19(25)26-4-2/h7-12H,3-6,13H2,1-2H3,(H,20,24)(H,21,23). The number of nitrogens with zero attached hydrogens (tertiary/aromatic N) is 2. The van der Waals surface area contributed by atoms with Crippen LogP contribution in [-0.2, 0) is 4.74 Å². The molecule has 1 amide bonds. The van der Waals surface area contributed by atoms with Crippen LogP contribution in [0.4, 0.5) is 11.5 Å². The lowest BCUT2D eigenvalue weighted by Crippen LogP contribution is -2.25. The summed E-state index contributed by atoms with van der Waals surface area (Å²) >= 11 is 0. The number of carbonyl (C=O) groups excluding carboxylic acids is 2. The van der Waals surface area contributed by atoms with Gasteiger partial charge in [0.15, 0.2) is 11.5 Å². The topological polar surface area (TPSA) is 93.2 Å². The van der Waals surface area contributed by atoms with Gasteiger partial charge in [0.25, 0.3) is 5.91 Å². The van der Waals surface area contributed by atoms with Gasteiger partial charge in [-0.3, -0.25) is 4.79 Å². The first kappa shape index (κ1) is 19.4. The molecule has 0 fully saturated rings. The van der Waals surface area contributed by atoms with Crippen molar-refractivity contribution >= 4 is 23.4 Å². The van der Waals surface area contributed by atoms with Crippen molar-refractivity contribution in [1.82, 2.24) is 15.5 Å². The van der Waals surface area contributed by atoms with Gasteiger partial charge in [-0.1, -0.05) is 19.8 Å². The van der Waals surface area contributed by atoms with Crippen LogP contribution in [0.2, 0.25) is 0 Å². The summed E-state index contributed by atoms with van der Waals surface area (Å²) < 4.78 is 4.94. The number of amides is 1. The highest BCUT2D eigenvalue weighted by molar-refractivity contribution is 5.92. The molecule has 1 heterocycles. The van der Waals surface area contributed by atoms with E-state index in [4.69, 9.17) is 4.74 Å². The van der Waals surface area contributed by atoms with Crippen molar-refractivity contribution in [3.8, 4) is 0 Å². The fourth-order valence-electron chi connectivity index (χ4n) is 2.24. The molecule has 0 radical (unpaired) electrons. The average molecular weight is 356 g/mol. The fraction of sp³-hybridized carbons (Fsp3) is 0.368. The van der Waals surface area contributed by atoms with E-state index in [2.05, 4.69) is 27.8 Å². The highest BCUT2D eigenvalue weighted by Crippen LogP contribution is 2.15. The van der Waals surface area contributed by atoms with Gasteiger partial charge in [0.2, 0.25) is 0 Å². The van der Waals surface area contributed by atoms with Gasteiger partial charge in [-0.25, -0.2) is 4.79 Å². The summed E-state index contributed by atoms with van der Waals surface area (Å²) in [4.78, 5) is 23.6. The van der Waals surface area contributed by atoms with Gasteiger partial charge in [-0.2, -0.15) is 0 Å². The molecule has 2 N–H and O–H groups in total. The van der Waals surface area contributed by atoms with E-state index in [0.29, 0.717) is 24.5 Å². The molecule has 26 heavy (non-hydrogen) atoms. The number of carbonyl (C=O) groups is 2. The van der Waals surface area contributed by atoms with E-state index in [1.807, 2.05) is 0 Å². The zero-order chi connectivity index (χ0) is 18.8. The maximum atomic E-state index is 12.0. The van der Waals surface area contributed by atoms with E-state index in [0.717, 1.165) is 24.9 Å². The molecule has 138 valence electrons. The van der Waals surface area contributed by atoms with Crippen molar-refractivity contribution in [2.45, 2.75) is 33.1 Å². The molecule has 0 saturated carbocycles. The van der Waals surface area contributed by atoms with Crippen LogP contribution in [-0.4, -0.2) is 35.2 Å². The maximum absolute atomic E-state index is 12.0. The monoisotopic (exact) mass is 356 g/mol. The number of ether oxygens (including phenoxy) is 1. The molecule has 0 aliphatic rings. The molecule has 0 bridgehead atoms. The van der Waals surface area contributed by atoms with Crippen molar-refractivity contribution in [3.05, 3.63) is 47.7 Å². The van der Waals surface area contributed by atoms with Gasteiger partial charge in [-0.05, 0) is 49.7 Å². The fourth-order valence-corrected chi connectivity index (χ4v) is 2.24. The Morgan fingerprint density at radius 3 is 2.38 bits per heavy atom. The van der Waals surface area contributed by atoms with Crippen molar-refractivity contribution < 1.29 is 14.3 Å². The number of nitrogens with one attached hydrogen (secondary N) is 2. The highest BCUT2D eigenvalue weighted by atomic mass is 16.5. The number of aromatic nitrogens is 2. The number of unbranched alkanes of at least 4 members (excludes halogenated alkanes) is 2. The smallest absolute Gasteiger partial charge is 0.338 e. The van der Waals surface area contributed by atoms with Gasteiger partial charge in [0, 0.05) is 12.2 Å². The Morgan fingerprint density at radius 2 is 1.77 bits per heavy atom. The first-order valence-corrected chi connectivity index (χ1v) is 8.80. The number of hydrogen-bond donors (Lipinski definition) is 2. The molecule has 0 spiro atoms. The zero-order valence-corrected chi connectivity index (χ0v) is 15.1. The summed E-state index contributed by atoms with van der Waals surface area (Å²) in [6.45, 7) is 4.86. The lowest BCUT2D eigenvalue weighted by Gasteiger charge is -2.07. The Bertz CT molecular complexity index is 715. The molecular weight excluding hydrogens is 332 g/mol. The third kappa shape index (κ3) is 5.84. The number of rotatable bonds is 9. The van der Waals surface area contributed by atoms with Crippen LogP contribution in [0.1, 0.15) is 54.0 Å². The second-order valence-electron chi connectivity index (χ2n) is 5.69. The number of benzene rings is 1. The van der Waals surface area contributed by atoms with Crippen LogP contribution in [0.5, 0.6) is 0 Å². The van der Waals surface area contributed by atoms with Crippen LogP contribution in [0.25, 0.3) is 0 Å². The minimum atomic E-state index is -0.354. The van der Waals surface area contributed by atoms with Gasteiger partial charge in [-0.15, -0.1) is 10.2 Å². The Labute approximate surface area is 153 Å². The molecule has 1 aromatic carbocycles. The minimum absolute atomic E-state index is 0.223. The summed E-state index contributed by atoms with van der Waals surface area (Å²) in [5.74, 6) is -0.0662. The van der Waals surface area contributed by atoms with E-state index < -0.39 is 0 Å². The second kappa shape index (κ2) is 10.1. The van der Waals surface area contributed by atoms with Gasteiger partial charge in [0.05, 0.1) is 12.2 Å². The SMILES string of the molecule is CCCCCNC(=O)c1ccc(Nc2ccc(C(=O)OCC)cc2)nn1. The first-order valence-electron chi connectivity index (χ1n) is 8.80. The lowest BCUT2D eigenvalue weighted by atomic mass is 10.2. The minimum Gasteiger partial charge on any atom is -0.462 e. The van der Waals surface area contributed by atoms with E-state index >= 15 is 0 Å². The van der Waals surface area contributed by atoms with Crippen LogP contribution >= 0.6 is 0 Å². The van der Waals surface area contributed by atoms with Crippen molar-refractivity contribution in [2.24, 2.45) is 0 Å². The van der Waals surface area contributed by atoms with Gasteiger partial charge >= 0.3 is 5.97 Å². The van der Waals surface area contributed by atoms with Crippen molar-refractivity contribution in [2.75, 3.05) is 18.5 Å². The van der Waals surface area contributed by atoms with Crippen molar-refractivity contribution in [3.63, 3.8) is 0 Å². The maximum Gasteiger partial charge on any atom is 0.338 e. The van der Waals surface area contributed by atoms with E-state index in [1.54, 1.807) is 43.3 Å². The van der Waals surface area contributed by atoms with Crippen LogP contribution in [0, 0.1) is 0 Å². The van der Waals surface area contributed by atoms with Gasteiger partial charge < -0.3 is 15.4 Å². The lowest BCUT2D eigenvalue weighted by molar-refractivity contribution is 0.0526. The molecule has 2 aromatic rings. The molecular formula is C19H24N4O3. The number of esters is 1. The van der Waals surface area contributed by atoms with E-state index in [-0.39, 0.29) is 17.6 Å². The Balaban J connectivity index is 1.90. The average Bonchev–Trinajstić information content (AvgIpc) is 2.66. The first-order chi connectivity index (χ1) is 12.6. The molecule has 7 nitrogen and oxygen atoms in total. The Hall–Kier alpha value is -2.96. The third-order valence-corrected chi connectivity index (χ3v) is 3.63. The summed E-state index contributed by atoms with van der Waals surface area (Å²) in [7, 11) is 0. The molecule has 0 aliphatic carbocycles. The molecule has 0 unspecified atom stereocenters. The quantitative estimate of drug-likeness (QED) is 0.529. The van der Waals surface area contributed by atoms with Crippen LogP contribution < -0.4 is 10.6 Å². The molecule has 0 aliphatic heterocycles. The molecule has 0 saturated heterocycles. The van der Waals surface area contributed by atoms with Crippen LogP contribution in [0.3, 0.4) is 0 Å². The molecule has 2 rings (SSSR count). The second-order valence-corrected chi connectivity index (χ2v) is 5.69. The summed E-state index contributed by atoms with van der Waals surface area (Å²) in [6.07, 6.45) is 3.15. The largest absolute Gasteiger partial charge is 0.462 e. The van der Waals surface area contributed by atoms with Crippen LogP contribution in [0.15, 0.2) is 36.4 Å². The number of hydrogen-bond acceptors (Lipinski definition) is 6. The normalized spacial score (nSPS) is 10.2. The summed E-state index contributed by atoms with van der Waals surface area (Å²) in [5, 5.41) is 13.9. The molecule has 1 aromatic heterocycles. The predicted molar refractivity (Wildman–Crippen MR) is 99.6 cm³/mol. The summed E-state index contributed by atoms with van der Waals surface area (Å²) in [6, 6.07) is 10.2. The number of anilines is 2. The summed E-state index contributed by atoms with van der Waals surface area (Å²) in [5.41, 5.74) is 1.52. The Kier molecular flexibility index (Phi) is 7.54. The molecule has 0 atom stereocenters. The highest BCUT2D eigenvalue weighted by Gasteiger charge is 2.08. The molecule has 7 heteroatoms. The van der Waals surface area contributed by atoms with E-state index in [9.17, 15) is 9.59 Å². The van der Waals surface area contributed by atoms with Crippen molar-refractivity contribution in [1.29, 1.82) is 0 Å².